The molecule has 0 radical (unpaired) electrons. The van der Waals surface area contributed by atoms with Crippen LogP contribution in [-0.4, -0.2) is 0 Å². The lowest BCUT2D eigenvalue weighted by molar-refractivity contribution is -0.702. The first-order valence-corrected chi connectivity index (χ1v) is 14.1. The molecule has 0 aliphatic carbocycles. The second-order valence-electron chi connectivity index (χ2n) is 11.8. The van der Waals surface area contributed by atoms with Gasteiger partial charge in [-0.25, -0.2) is 9.13 Å². The van der Waals surface area contributed by atoms with Crippen molar-refractivity contribution < 1.29 is 13.6 Å². The number of benzene rings is 3. The van der Waals surface area contributed by atoms with Crippen LogP contribution in [0.1, 0.15) is 60.1 Å². The molecule has 3 aromatic carbocycles. The third-order valence-electron chi connectivity index (χ3n) is 9.02. The maximum Gasteiger partial charge on any atom is 0.202 e. The molecule has 3 heterocycles. The van der Waals surface area contributed by atoms with Gasteiger partial charge in [0.05, 0.1) is 5.41 Å². The molecule has 6 rings (SSSR count). The van der Waals surface area contributed by atoms with Gasteiger partial charge in [-0.1, -0.05) is 60.7 Å². The van der Waals surface area contributed by atoms with E-state index in [1.165, 1.54) is 39.3 Å². The van der Waals surface area contributed by atoms with Crippen molar-refractivity contribution in [1.29, 1.82) is 0 Å². The third kappa shape index (κ3) is 3.79. The van der Waals surface area contributed by atoms with E-state index >= 15 is 0 Å². The summed E-state index contributed by atoms with van der Waals surface area (Å²) in [4.78, 5) is 0. The van der Waals surface area contributed by atoms with E-state index in [-0.39, 0.29) is 5.41 Å². The van der Waals surface area contributed by atoms with Crippen molar-refractivity contribution in [2.24, 2.45) is 14.1 Å². The average Bonchev–Trinajstić information content (AvgIpc) is 3.31. The minimum Gasteiger partial charge on any atom is -0.456 e. The highest BCUT2D eigenvalue weighted by molar-refractivity contribution is 6.06. The van der Waals surface area contributed by atoms with Crippen molar-refractivity contribution in [2.75, 3.05) is 0 Å². The number of hydrogen-bond acceptors (Lipinski definition) is 1. The van der Waals surface area contributed by atoms with Gasteiger partial charge in [-0.3, -0.25) is 0 Å². The Kier molecular flexibility index (Phi) is 6.14. The molecule has 1 atom stereocenters. The fourth-order valence-electron chi connectivity index (χ4n) is 7.06. The highest BCUT2D eigenvalue weighted by atomic mass is 16.3. The van der Waals surface area contributed by atoms with Gasteiger partial charge in [-0.2, -0.15) is 0 Å². The Bertz CT molecular complexity index is 1890. The lowest BCUT2D eigenvalue weighted by atomic mass is 9.72. The number of rotatable bonds is 5. The minimum absolute atomic E-state index is 0.198. The first-order chi connectivity index (χ1) is 19.2. The van der Waals surface area contributed by atoms with Gasteiger partial charge in [-0.05, 0) is 63.4 Å². The average molecular weight is 527 g/mol. The zero-order valence-electron chi connectivity index (χ0n) is 24.6. The van der Waals surface area contributed by atoms with Gasteiger partial charge in [0.1, 0.15) is 25.3 Å². The van der Waals surface area contributed by atoms with Crippen LogP contribution in [0.25, 0.3) is 21.9 Å². The van der Waals surface area contributed by atoms with E-state index in [0.29, 0.717) is 0 Å². The van der Waals surface area contributed by atoms with Crippen LogP contribution < -0.4 is 9.13 Å². The van der Waals surface area contributed by atoms with Crippen LogP contribution in [-0.2, 0) is 24.9 Å². The molecule has 0 N–H and O–H groups in total. The van der Waals surface area contributed by atoms with Crippen LogP contribution in [0.5, 0.6) is 0 Å². The zero-order chi connectivity index (χ0) is 28.2. The summed E-state index contributed by atoms with van der Waals surface area (Å²) in [6.07, 6.45) is 2.14. The molecule has 1 unspecified atom stereocenters. The fourth-order valence-corrected chi connectivity index (χ4v) is 7.06. The predicted molar refractivity (Wildman–Crippen MR) is 163 cm³/mol. The fraction of sp³-hybridized carbons (Fsp3) is 0.243. The summed E-state index contributed by atoms with van der Waals surface area (Å²) in [5.74, 6) is 0. The van der Waals surface area contributed by atoms with Crippen LogP contribution in [0.3, 0.4) is 0 Å². The molecule has 3 nitrogen and oxygen atoms in total. The normalized spacial score (nSPS) is 13.6. The molecular weight excluding hydrogens is 488 g/mol. The highest BCUT2D eigenvalue weighted by Crippen LogP contribution is 2.44. The van der Waals surface area contributed by atoms with E-state index < -0.39 is 5.41 Å². The van der Waals surface area contributed by atoms with Crippen molar-refractivity contribution in [3.63, 3.8) is 0 Å². The summed E-state index contributed by atoms with van der Waals surface area (Å²) in [5, 5.41) is 2.30. The maximum absolute atomic E-state index is 6.70. The van der Waals surface area contributed by atoms with Gasteiger partial charge < -0.3 is 4.42 Å². The first kappa shape index (κ1) is 26.0. The number of aromatic nitrogens is 2. The zero-order valence-corrected chi connectivity index (χ0v) is 24.6. The molecule has 0 aliphatic rings. The summed E-state index contributed by atoms with van der Waals surface area (Å²) in [6.45, 7) is 11.4. The van der Waals surface area contributed by atoms with Gasteiger partial charge in [0.15, 0.2) is 17.3 Å². The van der Waals surface area contributed by atoms with E-state index in [0.717, 1.165) is 21.9 Å². The Hall–Kier alpha value is -4.24. The smallest absolute Gasteiger partial charge is 0.202 e. The standard InChI is InChI=1S/C37H38N2O/c1-25-15-8-10-17-29(25)36(3,4)31-20-14-21-33(39(31)7)37(5,32-19-12-13-24-38(32)6)34-26(2)22-23-28-27-16-9-11-18-30(27)40-35(28)34/h8-24H,1-7H3/q+2. The third-order valence-corrected chi connectivity index (χ3v) is 9.02. The van der Waals surface area contributed by atoms with Crippen LogP contribution >= 0.6 is 0 Å². The number of pyridine rings is 2. The van der Waals surface area contributed by atoms with Gasteiger partial charge in [0.2, 0.25) is 11.4 Å². The van der Waals surface area contributed by atoms with Crippen molar-refractivity contribution in [3.05, 3.63) is 143 Å². The van der Waals surface area contributed by atoms with Crippen molar-refractivity contribution >= 4 is 21.9 Å². The molecule has 40 heavy (non-hydrogen) atoms. The number of hydrogen-bond donors (Lipinski definition) is 0. The van der Waals surface area contributed by atoms with Crippen LogP contribution in [0.15, 0.2) is 108 Å². The lowest BCUT2D eigenvalue weighted by Gasteiger charge is -2.30. The molecule has 3 heteroatoms. The molecule has 0 saturated carbocycles. The summed E-state index contributed by atoms with van der Waals surface area (Å²) >= 11 is 0. The first-order valence-electron chi connectivity index (χ1n) is 14.1. The van der Waals surface area contributed by atoms with Crippen LogP contribution in [0.2, 0.25) is 0 Å². The Balaban J connectivity index is 1.71. The van der Waals surface area contributed by atoms with Gasteiger partial charge in [-0.15, -0.1) is 0 Å². The van der Waals surface area contributed by atoms with Crippen LogP contribution in [0.4, 0.5) is 0 Å². The maximum atomic E-state index is 6.70. The number of nitrogens with zero attached hydrogens (tertiary/aromatic N) is 2. The van der Waals surface area contributed by atoms with E-state index in [2.05, 4.69) is 155 Å². The Morgan fingerprint density at radius 1 is 0.600 bits per heavy atom. The molecule has 0 aliphatic heterocycles. The summed E-state index contributed by atoms with van der Waals surface area (Å²) < 4.78 is 11.4. The molecule has 0 bridgehead atoms. The SMILES string of the molecule is Cc1ccccc1C(C)(C)c1cccc(C(C)(c2c(C)ccc3c2oc2ccccc23)c2cccc[n+]2C)[n+]1C. The summed E-state index contributed by atoms with van der Waals surface area (Å²) in [6, 6.07) is 34.8. The molecule has 6 aromatic rings. The largest absolute Gasteiger partial charge is 0.456 e. The number of fused-ring (bicyclic) bond motifs is 3. The van der Waals surface area contributed by atoms with Crippen molar-refractivity contribution in [3.8, 4) is 0 Å². The van der Waals surface area contributed by atoms with E-state index in [1.807, 2.05) is 6.07 Å². The minimum atomic E-state index is -0.514. The Morgan fingerprint density at radius 3 is 2.05 bits per heavy atom. The lowest BCUT2D eigenvalue weighted by Crippen LogP contribution is -2.53. The van der Waals surface area contributed by atoms with Gasteiger partial charge in [0, 0.05) is 40.6 Å². The molecule has 200 valence electrons. The number of furan rings is 1. The van der Waals surface area contributed by atoms with Crippen molar-refractivity contribution in [2.45, 2.75) is 45.4 Å². The van der Waals surface area contributed by atoms with Crippen molar-refractivity contribution in [1.82, 2.24) is 0 Å². The monoisotopic (exact) mass is 526 g/mol. The second kappa shape index (κ2) is 9.45. The van der Waals surface area contributed by atoms with E-state index in [1.54, 1.807) is 0 Å². The van der Waals surface area contributed by atoms with Gasteiger partial charge in [0.25, 0.3) is 0 Å². The second-order valence-corrected chi connectivity index (χ2v) is 11.8. The topological polar surface area (TPSA) is 20.9 Å². The molecule has 0 fully saturated rings. The molecule has 3 aromatic heterocycles. The summed E-state index contributed by atoms with van der Waals surface area (Å²) in [7, 11) is 4.36. The molecule has 0 saturated heterocycles. The van der Waals surface area contributed by atoms with E-state index in [9.17, 15) is 0 Å². The van der Waals surface area contributed by atoms with Gasteiger partial charge >= 0.3 is 0 Å². The highest BCUT2D eigenvalue weighted by Gasteiger charge is 2.48. The number of para-hydroxylation sites is 1. The van der Waals surface area contributed by atoms with Crippen LogP contribution in [0, 0.1) is 13.8 Å². The summed E-state index contributed by atoms with van der Waals surface area (Å²) in [5.41, 5.74) is 9.89. The Morgan fingerprint density at radius 2 is 1.27 bits per heavy atom. The Labute approximate surface area is 237 Å². The predicted octanol–water partition coefficient (Wildman–Crippen LogP) is 7.53. The number of aryl methyl sites for hydroxylation is 3. The molecule has 0 amide bonds. The quantitative estimate of drug-likeness (QED) is 0.213. The van der Waals surface area contributed by atoms with E-state index in [4.69, 9.17) is 4.42 Å². The molecule has 0 spiro atoms. The molecular formula is C37H38N2O+2.